The van der Waals surface area contributed by atoms with Crippen LogP contribution in [0.5, 0.6) is 0 Å². The Labute approximate surface area is 139 Å². The normalized spacial score (nSPS) is 13.2. The Hall–Kier alpha value is -3.08. The summed E-state index contributed by atoms with van der Waals surface area (Å²) in [5, 5.41) is 16.1. The van der Waals surface area contributed by atoms with Gasteiger partial charge in [-0.05, 0) is 12.1 Å². The lowest BCUT2D eigenvalue weighted by Crippen LogP contribution is -2.38. The highest BCUT2D eigenvalue weighted by molar-refractivity contribution is 5.92. The van der Waals surface area contributed by atoms with Crippen molar-refractivity contribution in [2.45, 2.75) is 33.0 Å². The van der Waals surface area contributed by atoms with E-state index < -0.39 is 0 Å². The van der Waals surface area contributed by atoms with Gasteiger partial charge in [-0.25, -0.2) is 0 Å². The first kappa shape index (κ1) is 15.8. The summed E-state index contributed by atoms with van der Waals surface area (Å²) in [5.41, 5.74) is 2.57. The summed E-state index contributed by atoms with van der Waals surface area (Å²) in [5.74, 6) is -0.150. The van der Waals surface area contributed by atoms with Crippen LogP contribution in [0.15, 0.2) is 18.3 Å². The maximum absolute atomic E-state index is 12.5. The molecule has 0 aliphatic carbocycles. The maximum Gasteiger partial charge on any atom is 0.270 e. The van der Waals surface area contributed by atoms with Gasteiger partial charge in [0.15, 0.2) is 0 Å². The first-order valence-electron chi connectivity index (χ1n) is 7.80. The molecule has 2 N–H and O–H groups in total. The molecule has 0 atom stereocenters. The van der Waals surface area contributed by atoms with Crippen molar-refractivity contribution >= 4 is 11.8 Å². The monoisotopic (exact) mass is 326 g/mol. The van der Waals surface area contributed by atoms with E-state index in [9.17, 15) is 9.59 Å². The van der Waals surface area contributed by atoms with Gasteiger partial charge in [0.1, 0.15) is 11.8 Å². The van der Waals surface area contributed by atoms with Gasteiger partial charge in [-0.2, -0.15) is 10.4 Å². The van der Waals surface area contributed by atoms with Crippen molar-refractivity contribution in [3.05, 3.63) is 41.0 Å². The van der Waals surface area contributed by atoms with Crippen molar-refractivity contribution in [3.8, 4) is 6.07 Å². The topological polar surface area (TPSA) is 107 Å². The van der Waals surface area contributed by atoms with Crippen LogP contribution in [-0.4, -0.2) is 38.0 Å². The lowest BCUT2D eigenvalue weighted by atomic mass is 10.2. The number of fused-ring (bicyclic) bond motifs is 1. The molecule has 24 heavy (non-hydrogen) atoms. The number of carbonyl (C=O) groups excluding carboxylic acids is 2. The van der Waals surface area contributed by atoms with Gasteiger partial charge in [0, 0.05) is 19.2 Å². The molecule has 0 radical (unpaired) electrons. The average molecular weight is 326 g/mol. The Kier molecular flexibility index (Phi) is 4.33. The van der Waals surface area contributed by atoms with E-state index in [1.807, 2.05) is 16.8 Å². The zero-order chi connectivity index (χ0) is 17.1. The highest BCUT2D eigenvalue weighted by Gasteiger charge is 2.24. The van der Waals surface area contributed by atoms with Crippen LogP contribution in [0.4, 0.5) is 0 Å². The number of H-pyrrole nitrogens is 1. The van der Waals surface area contributed by atoms with Crippen molar-refractivity contribution in [3.63, 3.8) is 0 Å². The smallest absolute Gasteiger partial charge is 0.270 e. The zero-order valence-electron chi connectivity index (χ0n) is 13.4. The van der Waals surface area contributed by atoms with Crippen LogP contribution in [0.3, 0.4) is 0 Å². The minimum atomic E-state index is -0.134. The molecule has 3 rings (SSSR count). The summed E-state index contributed by atoms with van der Waals surface area (Å²) in [7, 11) is 0. The molecule has 0 fully saturated rings. The number of nitriles is 1. The third-order valence-electron chi connectivity index (χ3n) is 3.97. The van der Waals surface area contributed by atoms with E-state index in [1.165, 1.54) is 6.20 Å². The summed E-state index contributed by atoms with van der Waals surface area (Å²) in [4.78, 5) is 28.4. The van der Waals surface area contributed by atoms with E-state index >= 15 is 0 Å². The first-order valence-corrected chi connectivity index (χ1v) is 7.80. The number of hydrogen-bond acceptors (Lipinski definition) is 4. The molecule has 0 unspecified atom stereocenters. The first-order chi connectivity index (χ1) is 11.6. The molecule has 0 saturated carbocycles. The lowest BCUT2D eigenvalue weighted by Gasteiger charge is -2.27. The van der Waals surface area contributed by atoms with Crippen molar-refractivity contribution in [2.24, 2.45) is 0 Å². The second kappa shape index (κ2) is 6.58. The zero-order valence-corrected chi connectivity index (χ0v) is 13.4. The quantitative estimate of drug-likeness (QED) is 0.865. The number of aromatic amines is 1. The lowest BCUT2D eigenvalue weighted by molar-refractivity contribution is -0.120. The number of amides is 2. The second-order valence-electron chi connectivity index (χ2n) is 5.62. The van der Waals surface area contributed by atoms with E-state index in [2.05, 4.69) is 15.4 Å². The second-order valence-corrected chi connectivity index (χ2v) is 5.62. The fraction of sp³-hybridized carbons (Fsp3) is 0.375. The van der Waals surface area contributed by atoms with Gasteiger partial charge >= 0.3 is 0 Å². The number of nitrogens with zero attached hydrogens (tertiary/aromatic N) is 4. The van der Waals surface area contributed by atoms with Gasteiger partial charge in [0.05, 0.1) is 36.6 Å². The van der Waals surface area contributed by atoms with Crippen molar-refractivity contribution in [1.82, 2.24) is 25.0 Å². The number of nitrogens with one attached hydrogen (secondary N) is 2. The molecule has 3 heterocycles. The molecule has 124 valence electrons. The summed E-state index contributed by atoms with van der Waals surface area (Å²) < 4.78 is 1.87. The molecule has 1 aliphatic heterocycles. The van der Waals surface area contributed by atoms with Crippen LogP contribution >= 0.6 is 0 Å². The number of rotatable bonds is 4. The molecule has 1 aliphatic rings. The largest absolute Gasteiger partial charge is 0.356 e. The van der Waals surface area contributed by atoms with Crippen molar-refractivity contribution in [2.75, 3.05) is 6.54 Å². The van der Waals surface area contributed by atoms with Gasteiger partial charge < -0.3 is 15.2 Å². The molecular formula is C16H18N6O2. The van der Waals surface area contributed by atoms with Crippen LogP contribution < -0.4 is 5.32 Å². The molecule has 2 aromatic heterocycles. The maximum atomic E-state index is 12.5. The summed E-state index contributed by atoms with van der Waals surface area (Å²) in [6.45, 7) is 3.80. The van der Waals surface area contributed by atoms with E-state index in [0.29, 0.717) is 43.9 Å². The Morgan fingerprint density at radius 1 is 1.42 bits per heavy atom. The highest BCUT2D eigenvalue weighted by Crippen LogP contribution is 2.16. The predicted octanol–water partition coefficient (Wildman–Crippen LogP) is 0.765. The van der Waals surface area contributed by atoms with Crippen LogP contribution in [-0.2, 0) is 24.4 Å². The minimum absolute atomic E-state index is 0.0159. The molecule has 0 saturated heterocycles. The Bertz CT molecular complexity index is 813. The van der Waals surface area contributed by atoms with Gasteiger partial charge in [0.25, 0.3) is 5.91 Å². The van der Waals surface area contributed by atoms with Crippen molar-refractivity contribution in [1.29, 1.82) is 5.26 Å². The van der Waals surface area contributed by atoms with Crippen LogP contribution in [0.2, 0.25) is 0 Å². The molecule has 0 spiro atoms. The molecule has 2 amide bonds. The van der Waals surface area contributed by atoms with E-state index in [4.69, 9.17) is 5.26 Å². The van der Waals surface area contributed by atoms with E-state index in [1.54, 1.807) is 17.9 Å². The average Bonchev–Trinajstić information content (AvgIpc) is 3.24. The Balaban J connectivity index is 1.68. The van der Waals surface area contributed by atoms with Gasteiger partial charge in [0.2, 0.25) is 5.91 Å². The number of aromatic nitrogens is 3. The van der Waals surface area contributed by atoms with E-state index in [-0.39, 0.29) is 11.8 Å². The molecule has 0 bridgehead atoms. The Morgan fingerprint density at radius 2 is 2.25 bits per heavy atom. The van der Waals surface area contributed by atoms with Crippen LogP contribution in [0.1, 0.15) is 40.8 Å². The minimum Gasteiger partial charge on any atom is -0.356 e. The van der Waals surface area contributed by atoms with Gasteiger partial charge in [-0.15, -0.1) is 0 Å². The summed E-state index contributed by atoms with van der Waals surface area (Å²) in [6.07, 6.45) is 1.96. The molecule has 2 aromatic rings. The predicted molar refractivity (Wildman–Crippen MR) is 84.6 cm³/mol. The molecule has 8 heteroatoms. The van der Waals surface area contributed by atoms with Crippen LogP contribution in [0, 0.1) is 11.3 Å². The SMILES string of the molecule is CCC(=O)NCc1cc2n(n1)CCN(C(=O)c1cc(C#N)c[nH]1)C2. The summed E-state index contributed by atoms with van der Waals surface area (Å²) in [6, 6.07) is 5.46. The third kappa shape index (κ3) is 3.15. The standard InChI is InChI=1S/C16H18N6O2/c1-2-15(23)19-9-12-6-13-10-21(3-4-22(13)20-12)16(24)14-5-11(7-17)8-18-14/h5-6,8,18H,2-4,9-10H2,1H3,(H,19,23). The van der Waals surface area contributed by atoms with Crippen molar-refractivity contribution < 1.29 is 9.59 Å². The fourth-order valence-electron chi connectivity index (χ4n) is 2.65. The third-order valence-corrected chi connectivity index (χ3v) is 3.97. The fourth-order valence-corrected chi connectivity index (χ4v) is 2.65. The molecular weight excluding hydrogens is 308 g/mol. The van der Waals surface area contributed by atoms with E-state index in [0.717, 1.165) is 11.4 Å². The van der Waals surface area contributed by atoms with Crippen LogP contribution in [0.25, 0.3) is 0 Å². The highest BCUT2D eigenvalue weighted by atomic mass is 16.2. The number of carbonyl (C=O) groups is 2. The summed E-state index contributed by atoms with van der Waals surface area (Å²) >= 11 is 0. The molecule has 8 nitrogen and oxygen atoms in total. The Morgan fingerprint density at radius 3 is 2.96 bits per heavy atom. The van der Waals surface area contributed by atoms with Gasteiger partial charge in [-0.1, -0.05) is 6.92 Å². The molecule has 0 aromatic carbocycles. The van der Waals surface area contributed by atoms with Gasteiger partial charge in [-0.3, -0.25) is 14.3 Å². The number of hydrogen-bond donors (Lipinski definition) is 2.